The third kappa shape index (κ3) is 9.26. The van der Waals surface area contributed by atoms with Crippen LogP contribution in [0, 0.1) is 35.4 Å². The van der Waals surface area contributed by atoms with E-state index in [4.69, 9.17) is 0 Å². The molecule has 0 radical (unpaired) electrons. The van der Waals surface area contributed by atoms with Crippen LogP contribution in [0.3, 0.4) is 0 Å². The molecule has 0 atom stereocenters. The van der Waals surface area contributed by atoms with E-state index in [1.807, 2.05) is 60.7 Å². The van der Waals surface area contributed by atoms with Gasteiger partial charge in [0.15, 0.2) is 0 Å². The average molecular weight is 534 g/mol. The van der Waals surface area contributed by atoms with Crippen molar-refractivity contribution in [1.82, 2.24) is 9.13 Å². The summed E-state index contributed by atoms with van der Waals surface area (Å²) in [6, 6.07) is 36.2. The number of aromatic nitrogens is 2. The summed E-state index contributed by atoms with van der Waals surface area (Å²) in [5.41, 5.74) is -0.181. The van der Waals surface area contributed by atoms with Gasteiger partial charge >= 0.3 is 21.7 Å². The van der Waals surface area contributed by atoms with Crippen molar-refractivity contribution in [2.75, 3.05) is 0 Å². The molecule has 6 aromatic rings. The first kappa shape index (κ1) is 29.4. The molecular formula is C30H22F4N2Ti. The van der Waals surface area contributed by atoms with Gasteiger partial charge in [0.25, 0.3) is 0 Å². The fourth-order valence-electron chi connectivity index (χ4n) is 2.96. The van der Waals surface area contributed by atoms with E-state index < -0.39 is 23.3 Å². The van der Waals surface area contributed by atoms with Gasteiger partial charge in [-0.2, -0.15) is 48.5 Å². The van der Waals surface area contributed by atoms with E-state index in [1.54, 1.807) is 49.1 Å². The molecule has 2 nitrogen and oxygen atoms in total. The maximum absolute atomic E-state index is 13.1. The van der Waals surface area contributed by atoms with Crippen LogP contribution in [0.2, 0.25) is 0 Å². The van der Waals surface area contributed by atoms with Crippen LogP contribution in [0.25, 0.3) is 11.4 Å². The number of hydrogen-bond acceptors (Lipinski definition) is 0. The molecule has 0 spiro atoms. The maximum atomic E-state index is 13.1. The Morgan fingerprint density at radius 2 is 0.838 bits per heavy atom. The molecule has 0 saturated carbocycles. The molecule has 0 aliphatic carbocycles. The summed E-state index contributed by atoms with van der Waals surface area (Å²) in [6.45, 7) is 0. The van der Waals surface area contributed by atoms with Crippen LogP contribution < -0.4 is 0 Å². The molecule has 2 aromatic heterocycles. The van der Waals surface area contributed by atoms with E-state index in [-0.39, 0.29) is 33.1 Å². The van der Waals surface area contributed by atoms with Crippen LogP contribution in [-0.2, 0) is 21.7 Å². The summed E-state index contributed by atoms with van der Waals surface area (Å²) in [7, 11) is 0. The molecule has 0 aliphatic heterocycles. The van der Waals surface area contributed by atoms with Crippen LogP contribution in [0.15, 0.2) is 134 Å². The molecule has 2 heterocycles. The van der Waals surface area contributed by atoms with Crippen molar-refractivity contribution in [3.05, 3.63) is 169 Å². The summed E-state index contributed by atoms with van der Waals surface area (Å²) < 4.78 is 55.2. The van der Waals surface area contributed by atoms with E-state index in [1.165, 1.54) is 33.4 Å². The molecule has 0 aliphatic rings. The molecule has 184 valence electrons. The molecule has 4 aromatic carbocycles. The van der Waals surface area contributed by atoms with E-state index in [2.05, 4.69) is 12.1 Å². The minimum atomic E-state index is -0.684. The molecule has 0 N–H and O–H groups in total. The zero-order valence-corrected chi connectivity index (χ0v) is 21.2. The Balaban J connectivity index is 0.000000187. The predicted molar refractivity (Wildman–Crippen MR) is 133 cm³/mol. The molecule has 0 amide bonds. The standard InChI is InChI=1S/2C10H6F2N.2C5H5.Ti/c2*11-8-4-3-5-9(12)10(8)13-6-1-2-7-13;2*1-2-4-5-3-1;/h2*1-4,6-7H;2*1-5H;/q4*-1;+4. The van der Waals surface area contributed by atoms with Crippen molar-refractivity contribution in [2.24, 2.45) is 0 Å². The predicted octanol–water partition coefficient (Wildman–Crippen LogP) is 7.92. The van der Waals surface area contributed by atoms with Gasteiger partial charge in [0.05, 0.1) is 0 Å². The SMILES string of the molecule is Fc1[c-]ccc(F)c1-n1cccc1.Fc1[c-]ccc(F)c1-n1cccc1.[Ti+4].c1cc[cH-]c1.c1cc[cH-]c1. The normalized spacial score (nSPS) is 9.41. The van der Waals surface area contributed by atoms with Crippen molar-refractivity contribution in [1.29, 1.82) is 0 Å². The monoisotopic (exact) mass is 534 g/mol. The Hall–Kier alpha value is -3.87. The van der Waals surface area contributed by atoms with Crippen molar-refractivity contribution in [3.8, 4) is 11.4 Å². The number of halogens is 4. The number of benzene rings is 2. The molecule has 0 fully saturated rings. The Kier molecular flexibility index (Phi) is 12.7. The number of rotatable bonds is 2. The van der Waals surface area contributed by atoms with Crippen molar-refractivity contribution >= 4 is 0 Å². The van der Waals surface area contributed by atoms with Gasteiger partial charge in [-0.1, -0.05) is 0 Å². The molecule has 0 unspecified atom stereocenters. The van der Waals surface area contributed by atoms with E-state index in [0.29, 0.717) is 0 Å². The fourth-order valence-corrected chi connectivity index (χ4v) is 2.96. The van der Waals surface area contributed by atoms with E-state index in [0.717, 1.165) is 0 Å². The second kappa shape index (κ2) is 16.0. The maximum Gasteiger partial charge on any atom is 4.00 e. The van der Waals surface area contributed by atoms with Gasteiger partial charge in [0, 0.05) is 34.6 Å². The first-order valence-electron chi connectivity index (χ1n) is 10.9. The Labute approximate surface area is 228 Å². The van der Waals surface area contributed by atoms with Gasteiger partial charge in [-0.25, -0.2) is 41.8 Å². The van der Waals surface area contributed by atoms with Crippen LogP contribution in [-0.4, -0.2) is 9.13 Å². The Morgan fingerprint density at radius 1 is 0.514 bits per heavy atom. The largest absolute Gasteiger partial charge is 4.00 e. The van der Waals surface area contributed by atoms with Gasteiger partial charge in [-0.3, -0.25) is 0 Å². The summed E-state index contributed by atoms with van der Waals surface area (Å²) in [6.07, 6.45) is 6.31. The molecule has 37 heavy (non-hydrogen) atoms. The Morgan fingerprint density at radius 3 is 1.08 bits per heavy atom. The first-order chi connectivity index (χ1) is 17.6. The number of nitrogens with zero attached hydrogens (tertiary/aromatic N) is 2. The zero-order chi connectivity index (χ0) is 25.6. The minimum Gasteiger partial charge on any atom is -0.372 e. The van der Waals surface area contributed by atoms with Crippen LogP contribution >= 0.6 is 0 Å². The van der Waals surface area contributed by atoms with Gasteiger partial charge in [-0.15, -0.1) is 24.3 Å². The molecule has 0 saturated heterocycles. The summed E-state index contributed by atoms with van der Waals surface area (Å²) >= 11 is 0. The second-order valence-corrected chi connectivity index (χ2v) is 7.08. The fraction of sp³-hybridized carbons (Fsp3) is 0. The van der Waals surface area contributed by atoms with Crippen LogP contribution in [0.4, 0.5) is 17.6 Å². The molecule has 6 rings (SSSR count). The second-order valence-electron chi connectivity index (χ2n) is 7.08. The quantitative estimate of drug-likeness (QED) is 0.121. The average Bonchev–Trinajstić information content (AvgIpc) is 3.68. The molecule has 7 heteroatoms. The first-order valence-corrected chi connectivity index (χ1v) is 10.9. The Bertz CT molecular complexity index is 1180. The summed E-state index contributed by atoms with van der Waals surface area (Å²) in [5.74, 6) is -2.55. The van der Waals surface area contributed by atoms with Gasteiger partial charge in [0.1, 0.15) is 0 Å². The number of hydrogen-bond donors (Lipinski definition) is 0. The molecule has 0 bridgehead atoms. The summed E-state index contributed by atoms with van der Waals surface area (Å²) in [5, 5.41) is 0. The van der Waals surface area contributed by atoms with Gasteiger partial charge < -0.3 is 9.13 Å². The van der Waals surface area contributed by atoms with E-state index in [9.17, 15) is 17.6 Å². The van der Waals surface area contributed by atoms with Crippen LogP contribution in [0.1, 0.15) is 0 Å². The topological polar surface area (TPSA) is 9.86 Å². The van der Waals surface area contributed by atoms with Crippen molar-refractivity contribution in [3.63, 3.8) is 0 Å². The minimum absolute atomic E-state index is 0. The summed E-state index contributed by atoms with van der Waals surface area (Å²) in [4.78, 5) is 0. The van der Waals surface area contributed by atoms with Crippen LogP contribution in [0.5, 0.6) is 0 Å². The van der Waals surface area contributed by atoms with Gasteiger partial charge in [0.2, 0.25) is 0 Å². The third-order valence-electron chi connectivity index (χ3n) is 4.58. The van der Waals surface area contributed by atoms with Crippen molar-refractivity contribution in [2.45, 2.75) is 0 Å². The van der Waals surface area contributed by atoms with Gasteiger partial charge in [-0.05, 0) is 49.1 Å². The van der Waals surface area contributed by atoms with E-state index >= 15 is 0 Å². The van der Waals surface area contributed by atoms with Crippen molar-refractivity contribution < 1.29 is 39.3 Å². The molecular weight excluding hydrogens is 512 g/mol. The zero-order valence-electron chi connectivity index (χ0n) is 19.6. The third-order valence-corrected chi connectivity index (χ3v) is 4.58. The smallest absolute Gasteiger partial charge is 0.372 e.